The van der Waals surface area contributed by atoms with E-state index in [1.54, 1.807) is 0 Å². The van der Waals surface area contributed by atoms with E-state index >= 15 is 0 Å². The van der Waals surface area contributed by atoms with Crippen molar-refractivity contribution in [2.45, 2.75) is 0 Å². The van der Waals surface area contributed by atoms with Crippen LogP contribution in [0.25, 0.3) is 75.9 Å². The Morgan fingerprint density at radius 3 is 1.81 bits per heavy atom. The van der Waals surface area contributed by atoms with Gasteiger partial charge in [0, 0.05) is 17.1 Å². The monoisotopic (exact) mass is 455 g/mol. The average molecular weight is 456 g/mol. The van der Waals surface area contributed by atoms with Gasteiger partial charge in [0.1, 0.15) is 0 Å². The summed E-state index contributed by atoms with van der Waals surface area (Å²) in [5.74, 6) is 0. The summed E-state index contributed by atoms with van der Waals surface area (Å²) < 4.78 is 0. The summed E-state index contributed by atoms with van der Waals surface area (Å²) in [4.78, 5) is 4.87. The first kappa shape index (κ1) is 19.5. The first-order valence-electron chi connectivity index (χ1n) is 12.4. The highest BCUT2D eigenvalue weighted by Gasteiger charge is 2.12. The summed E-state index contributed by atoms with van der Waals surface area (Å²) >= 11 is 0. The molecule has 0 fully saturated rings. The number of hydrogen-bond donors (Lipinski definition) is 0. The molecule has 1 nitrogen and oxygen atoms in total. The minimum atomic E-state index is 1.03. The smallest absolute Gasteiger partial charge is 0.0780 e. The Morgan fingerprint density at radius 2 is 0.917 bits per heavy atom. The van der Waals surface area contributed by atoms with Crippen molar-refractivity contribution in [3.8, 4) is 11.3 Å². The second kappa shape index (κ2) is 7.37. The summed E-state index contributed by atoms with van der Waals surface area (Å²) in [6.45, 7) is 0. The average Bonchev–Trinajstić information content (AvgIpc) is 2.95. The lowest BCUT2D eigenvalue weighted by atomic mass is 9.93. The quantitative estimate of drug-likeness (QED) is 0.225. The SMILES string of the molecule is c1ccc2c(c1)ccc1c3ccnc(-c4ccc5c(ccc6ccc7ccccc7c65)c4)c3ccc21. The van der Waals surface area contributed by atoms with Crippen LogP contribution in [0, 0.1) is 0 Å². The Hall–Kier alpha value is -4.75. The van der Waals surface area contributed by atoms with Crippen molar-refractivity contribution in [3.05, 3.63) is 128 Å². The van der Waals surface area contributed by atoms with E-state index in [1.807, 2.05) is 6.20 Å². The van der Waals surface area contributed by atoms with E-state index in [1.165, 1.54) is 64.6 Å². The van der Waals surface area contributed by atoms with Gasteiger partial charge in [0.2, 0.25) is 0 Å². The summed E-state index contributed by atoms with van der Waals surface area (Å²) in [5.41, 5.74) is 2.18. The van der Waals surface area contributed by atoms with Crippen LogP contribution in [0.5, 0.6) is 0 Å². The molecule has 0 unspecified atom stereocenters. The van der Waals surface area contributed by atoms with Gasteiger partial charge in [-0.2, -0.15) is 0 Å². The van der Waals surface area contributed by atoms with Gasteiger partial charge in [-0.15, -0.1) is 0 Å². The fourth-order valence-electron chi connectivity index (χ4n) is 5.97. The molecule has 0 N–H and O–H groups in total. The lowest BCUT2D eigenvalue weighted by Crippen LogP contribution is -1.89. The zero-order valence-corrected chi connectivity index (χ0v) is 19.6. The van der Waals surface area contributed by atoms with Crippen molar-refractivity contribution in [3.63, 3.8) is 0 Å². The Balaban J connectivity index is 1.39. The third-order valence-corrected chi connectivity index (χ3v) is 7.67. The van der Waals surface area contributed by atoms with Crippen LogP contribution in [0.3, 0.4) is 0 Å². The van der Waals surface area contributed by atoms with Gasteiger partial charge < -0.3 is 0 Å². The van der Waals surface area contributed by atoms with Crippen molar-refractivity contribution >= 4 is 64.6 Å². The van der Waals surface area contributed by atoms with E-state index in [0.717, 1.165) is 11.3 Å². The molecule has 0 radical (unpaired) electrons. The topological polar surface area (TPSA) is 12.9 Å². The highest BCUT2D eigenvalue weighted by Crippen LogP contribution is 2.37. The molecule has 36 heavy (non-hydrogen) atoms. The molecule has 0 atom stereocenters. The van der Waals surface area contributed by atoms with E-state index in [2.05, 4.69) is 121 Å². The number of pyridine rings is 1. The Bertz CT molecular complexity index is 2150. The van der Waals surface area contributed by atoms with E-state index in [4.69, 9.17) is 4.98 Å². The summed E-state index contributed by atoms with van der Waals surface area (Å²) in [5, 5.41) is 15.2. The second-order valence-electron chi connectivity index (χ2n) is 9.59. The molecule has 1 aromatic heterocycles. The normalized spacial score (nSPS) is 11.9. The zero-order chi connectivity index (χ0) is 23.6. The molecule has 8 aromatic rings. The number of hydrogen-bond acceptors (Lipinski definition) is 1. The summed E-state index contributed by atoms with van der Waals surface area (Å²) in [6, 6.07) is 44.1. The number of benzene rings is 7. The maximum atomic E-state index is 4.87. The molecule has 0 aliphatic rings. The van der Waals surface area contributed by atoms with Crippen LogP contribution in [0.15, 0.2) is 128 Å². The predicted molar refractivity (Wildman–Crippen MR) is 155 cm³/mol. The Morgan fingerprint density at radius 1 is 0.361 bits per heavy atom. The van der Waals surface area contributed by atoms with E-state index in [0.29, 0.717) is 0 Å². The van der Waals surface area contributed by atoms with Crippen LogP contribution in [-0.4, -0.2) is 4.98 Å². The lowest BCUT2D eigenvalue weighted by molar-refractivity contribution is 1.36. The molecule has 0 bridgehead atoms. The molecule has 0 saturated heterocycles. The van der Waals surface area contributed by atoms with Gasteiger partial charge in [-0.25, -0.2) is 0 Å². The van der Waals surface area contributed by atoms with Gasteiger partial charge in [0.25, 0.3) is 0 Å². The van der Waals surface area contributed by atoms with Gasteiger partial charge in [-0.05, 0) is 71.4 Å². The van der Waals surface area contributed by atoms with Crippen LogP contribution in [-0.2, 0) is 0 Å². The van der Waals surface area contributed by atoms with Crippen molar-refractivity contribution in [2.24, 2.45) is 0 Å². The maximum Gasteiger partial charge on any atom is 0.0780 e. The van der Waals surface area contributed by atoms with Gasteiger partial charge in [0.05, 0.1) is 5.69 Å². The summed E-state index contributed by atoms with van der Waals surface area (Å²) in [7, 11) is 0. The minimum Gasteiger partial charge on any atom is -0.256 e. The first-order valence-corrected chi connectivity index (χ1v) is 12.4. The largest absolute Gasteiger partial charge is 0.256 e. The molecule has 0 spiro atoms. The third-order valence-electron chi connectivity index (χ3n) is 7.67. The highest BCUT2D eigenvalue weighted by molar-refractivity contribution is 6.21. The molecular formula is C35H21N. The molecule has 8 rings (SSSR count). The molecule has 0 aliphatic carbocycles. The molecule has 0 aliphatic heterocycles. The fraction of sp³-hybridized carbons (Fsp3) is 0. The van der Waals surface area contributed by atoms with Crippen molar-refractivity contribution < 1.29 is 0 Å². The van der Waals surface area contributed by atoms with E-state index < -0.39 is 0 Å². The number of aromatic nitrogens is 1. The molecule has 1 heterocycles. The Labute approximate surface area is 208 Å². The van der Waals surface area contributed by atoms with Crippen molar-refractivity contribution in [1.82, 2.24) is 4.98 Å². The molecule has 1 heteroatoms. The Kier molecular flexibility index (Phi) is 4.00. The maximum absolute atomic E-state index is 4.87. The lowest BCUT2D eigenvalue weighted by Gasteiger charge is -2.12. The molecule has 0 saturated carbocycles. The fourth-order valence-corrected chi connectivity index (χ4v) is 5.97. The highest BCUT2D eigenvalue weighted by atomic mass is 14.7. The van der Waals surface area contributed by atoms with E-state index in [-0.39, 0.29) is 0 Å². The molecule has 0 amide bonds. The van der Waals surface area contributed by atoms with E-state index in [9.17, 15) is 0 Å². The zero-order valence-electron chi connectivity index (χ0n) is 19.6. The number of rotatable bonds is 1. The second-order valence-corrected chi connectivity index (χ2v) is 9.59. The van der Waals surface area contributed by atoms with Gasteiger partial charge in [-0.1, -0.05) is 109 Å². The molecular weight excluding hydrogens is 434 g/mol. The van der Waals surface area contributed by atoms with Crippen molar-refractivity contribution in [2.75, 3.05) is 0 Å². The van der Waals surface area contributed by atoms with Crippen molar-refractivity contribution in [1.29, 1.82) is 0 Å². The first-order chi connectivity index (χ1) is 17.8. The third kappa shape index (κ3) is 2.74. The number of nitrogens with zero attached hydrogens (tertiary/aromatic N) is 1. The minimum absolute atomic E-state index is 1.03. The predicted octanol–water partition coefficient (Wildman–Crippen LogP) is 9.67. The number of fused-ring (bicyclic) bond motifs is 10. The summed E-state index contributed by atoms with van der Waals surface area (Å²) in [6.07, 6.45) is 1.95. The van der Waals surface area contributed by atoms with Crippen LogP contribution < -0.4 is 0 Å². The van der Waals surface area contributed by atoms with Crippen LogP contribution in [0.1, 0.15) is 0 Å². The molecule has 7 aromatic carbocycles. The van der Waals surface area contributed by atoms with Gasteiger partial charge in [0.15, 0.2) is 0 Å². The standard InChI is InChI=1S/C35H21N/c1-3-7-27-22(5-1)13-16-31-30(27)17-18-33-32(31)19-20-36-35(33)26-14-15-29-25(21-26)12-11-24-10-9-23-6-2-4-8-28(23)34(24)29/h1-21H. The van der Waals surface area contributed by atoms with Gasteiger partial charge >= 0.3 is 0 Å². The van der Waals surface area contributed by atoms with Crippen LogP contribution >= 0.6 is 0 Å². The van der Waals surface area contributed by atoms with Crippen LogP contribution in [0.2, 0.25) is 0 Å². The van der Waals surface area contributed by atoms with Crippen LogP contribution in [0.4, 0.5) is 0 Å². The molecule has 166 valence electrons. The van der Waals surface area contributed by atoms with Gasteiger partial charge in [-0.3, -0.25) is 4.98 Å².